The number of aryl methyl sites for hydroxylation is 1. The van der Waals surface area contributed by atoms with Gasteiger partial charge in [-0.3, -0.25) is 4.79 Å². The molecule has 25 heavy (non-hydrogen) atoms. The molecular formula is C16H18N4O4S. The van der Waals surface area contributed by atoms with Gasteiger partial charge in [0.05, 0.1) is 17.2 Å². The van der Waals surface area contributed by atoms with Crippen LogP contribution in [0.2, 0.25) is 0 Å². The van der Waals surface area contributed by atoms with Gasteiger partial charge in [-0.05, 0) is 32.9 Å². The molecule has 1 amide bonds. The predicted molar refractivity (Wildman–Crippen MR) is 94.6 cm³/mol. The summed E-state index contributed by atoms with van der Waals surface area (Å²) in [6.45, 7) is 5.11. The van der Waals surface area contributed by atoms with Gasteiger partial charge in [-0.2, -0.15) is 9.97 Å². The molecule has 0 aromatic carbocycles. The Morgan fingerprint density at radius 2 is 2.08 bits per heavy atom. The Bertz CT molecular complexity index is 947. The zero-order chi connectivity index (χ0) is 18.3. The number of thiophene rings is 1. The summed E-state index contributed by atoms with van der Waals surface area (Å²) in [5, 5.41) is 10.1. The molecule has 3 heterocycles. The largest absolute Gasteiger partial charge is 0.460 e. The van der Waals surface area contributed by atoms with Crippen LogP contribution in [0.3, 0.4) is 0 Å². The van der Waals surface area contributed by atoms with Crippen LogP contribution in [-0.4, -0.2) is 33.2 Å². The first-order valence-corrected chi connectivity index (χ1v) is 8.41. The summed E-state index contributed by atoms with van der Waals surface area (Å²) < 4.78 is 11.2. The molecule has 0 aliphatic carbocycles. The van der Waals surface area contributed by atoms with Crippen LogP contribution in [0.4, 0.5) is 5.69 Å². The lowest BCUT2D eigenvalue weighted by Gasteiger charge is -2.16. The van der Waals surface area contributed by atoms with Gasteiger partial charge in [-0.1, -0.05) is 0 Å². The molecule has 5 N–H and O–H groups in total. The van der Waals surface area contributed by atoms with E-state index in [4.69, 9.17) is 20.6 Å². The Kier molecular flexibility index (Phi) is 4.36. The second kappa shape index (κ2) is 6.34. The van der Waals surface area contributed by atoms with Crippen molar-refractivity contribution in [2.75, 3.05) is 5.73 Å². The lowest BCUT2D eigenvalue weighted by Crippen LogP contribution is -2.26. The van der Waals surface area contributed by atoms with Crippen molar-refractivity contribution >= 4 is 33.1 Å². The smallest absolute Gasteiger partial charge is 0.318 e. The highest BCUT2D eigenvalue weighted by molar-refractivity contribution is 7.21. The molecule has 0 fully saturated rings. The van der Waals surface area contributed by atoms with Gasteiger partial charge in [-0.25, -0.2) is 0 Å². The monoisotopic (exact) mass is 362 g/mol. The van der Waals surface area contributed by atoms with E-state index in [0.29, 0.717) is 27.4 Å². The summed E-state index contributed by atoms with van der Waals surface area (Å²) in [6, 6.07) is 3.60. The van der Waals surface area contributed by atoms with Crippen LogP contribution < -0.4 is 16.2 Å². The fourth-order valence-corrected chi connectivity index (χ4v) is 3.18. The highest BCUT2D eigenvalue weighted by atomic mass is 32.1. The minimum atomic E-state index is -0.705. The van der Waals surface area contributed by atoms with Crippen molar-refractivity contribution in [3.63, 3.8) is 0 Å². The normalized spacial score (nSPS) is 13.8. The number of fused-ring (bicyclic) bond motifs is 1. The molecule has 8 nitrogen and oxygen atoms in total. The SMILES string of the molecule is Cc1ccc(-c2nc(O[C@H](C)[C@@H](C)O)nc3sc(C(N)=O)c(N)c23)o1. The number of aliphatic hydroxyl groups is 1. The van der Waals surface area contributed by atoms with E-state index in [1.165, 1.54) is 0 Å². The number of primary amides is 1. The van der Waals surface area contributed by atoms with E-state index >= 15 is 0 Å². The molecule has 0 spiro atoms. The predicted octanol–water partition coefficient (Wildman–Crippen LogP) is 2.09. The third kappa shape index (κ3) is 3.15. The number of rotatable bonds is 5. The quantitative estimate of drug-likeness (QED) is 0.632. The fourth-order valence-electron chi connectivity index (χ4n) is 2.24. The molecule has 9 heteroatoms. The summed E-state index contributed by atoms with van der Waals surface area (Å²) in [6.07, 6.45) is -1.22. The first-order chi connectivity index (χ1) is 11.8. The number of aromatic nitrogens is 2. The molecule has 0 aliphatic heterocycles. The van der Waals surface area contributed by atoms with Crippen LogP contribution in [0.25, 0.3) is 21.7 Å². The minimum absolute atomic E-state index is 0.0576. The highest BCUT2D eigenvalue weighted by Gasteiger charge is 2.23. The lowest BCUT2D eigenvalue weighted by molar-refractivity contribution is 0.0545. The van der Waals surface area contributed by atoms with Crippen molar-refractivity contribution in [1.29, 1.82) is 0 Å². The molecule has 132 valence electrons. The van der Waals surface area contributed by atoms with Gasteiger partial charge in [0.1, 0.15) is 27.3 Å². The molecule has 2 atom stereocenters. The molecule has 0 saturated carbocycles. The molecule has 0 unspecified atom stereocenters. The number of nitrogens with zero attached hydrogens (tertiary/aromatic N) is 2. The van der Waals surface area contributed by atoms with Crippen LogP contribution in [0, 0.1) is 6.92 Å². The van der Waals surface area contributed by atoms with E-state index < -0.39 is 18.1 Å². The van der Waals surface area contributed by atoms with Gasteiger partial charge in [0.15, 0.2) is 5.76 Å². The van der Waals surface area contributed by atoms with E-state index in [1.54, 1.807) is 32.9 Å². The van der Waals surface area contributed by atoms with Crippen molar-refractivity contribution < 1.29 is 19.1 Å². The Morgan fingerprint density at radius 3 is 2.64 bits per heavy atom. The second-order valence-corrected chi connectivity index (χ2v) is 6.72. The number of carbonyl (C=O) groups is 1. The molecule has 3 rings (SSSR count). The summed E-state index contributed by atoms with van der Waals surface area (Å²) in [7, 11) is 0. The van der Waals surface area contributed by atoms with E-state index in [2.05, 4.69) is 9.97 Å². The third-order valence-electron chi connectivity index (χ3n) is 3.74. The molecule has 0 radical (unpaired) electrons. The van der Waals surface area contributed by atoms with Gasteiger partial charge in [0.2, 0.25) is 0 Å². The first kappa shape index (κ1) is 17.2. The second-order valence-electron chi connectivity index (χ2n) is 5.72. The zero-order valence-electron chi connectivity index (χ0n) is 13.9. The average molecular weight is 362 g/mol. The summed E-state index contributed by atoms with van der Waals surface area (Å²) in [5.41, 5.74) is 12.1. The van der Waals surface area contributed by atoms with E-state index in [9.17, 15) is 9.90 Å². The number of aliphatic hydroxyl groups excluding tert-OH is 1. The molecule has 0 aliphatic rings. The first-order valence-electron chi connectivity index (χ1n) is 7.59. The number of furan rings is 1. The van der Waals surface area contributed by atoms with Gasteiger partial charge in [0.25, 0.3) is 5.91 Å². The van der Waals surface area contributed by atoms with Gasteiger partial charge in [-0.15, -0.1) is 11.3 Å². The number of amides is 1. The van der Waals surface area contributed by atoms with Crippen molar-refractivity contribution in [2.24, 2.45) is 5.73 Å². The highest BCUT2D eigenvalue weighted by Crippen LogP contribution is 2.39. The van der Waals surface area contributed by atoms with Crippen molar-refractivity contribution in [2.45, 2.75) is 33.0 Å². The Morgan fingerprint density at radius 1 is 1.36 bits per heavy atom. The maximum absolute atomic E-state index is 11.6. The van der Waals surface area contributed by atoms with Crippen molar-refractivity contribution in [3.8, 4) is 17.5 Å². The van der Waals surface area contributed by atoms with E-state index in [-0.39, 0.29) is 16.6 Å². The Labute approximate surface area is 147 Å². The lowest BCUT2D eigenvalue weighted by atomic mass is 10.2. The summed E-state index contributed by atoms with van der Waals surface area (Å²) in [4.78, 5) is 20.9. The molecule has 3 aromatic heterocycles. The number of nitrogen functional groups attached to an aromatic ring is 1. The third-order valence-corrected chi connectivity index (χ3v) is 4.85. The summed E-state index contributed by atoms with van der Waals surface area (Å²) >= 11 is 1.06. The van der Waals surface area contributed by atoms with Gasteiger partial charge in [0, 0.05) is 0 Å². The van der Waals surface area contributed by atoms with Crippen molar-refractivity contribution in [3.05, 3.63) is 22.8 Å². The molecule has 3 aromatic rings. The van der Waals surface area contributed by atoms with Crippen LogP contribution in [0.5, 0.6) is 6.01 Å². The number of nitrogens with two attached hydrogens (primary N) is 2. The van der Waals surface area contributed by atoms with Gasteiger partial charge >= 0.3 is 6.01 Å². The number of carbonyl (C=O) groups excluding carboxylic acids is 1. The number of hydrogen-bond acceptors (Lipinski definition) is 8. The van der Waals surface area contributed by atoms with Crippen LogP contribution in [0.1, 0.15) is 29.3 Å². The number of ether oxygens (including phenoxy) is 1. The molecular weight excluding hydrogens is 344 g/mol. The standard InChI is InChI=1S/C16H18N4O4S/c1-6-4-5-9(23-6)12-10-11(17)13(14(18)22)25-15(10)20-16(19-12)24-8(3)7(2)21/h4-5,7-8,21H,17H2,1-3H3,(H2,18,22)/t7-,8-/m1/s1. The van der Waals surface area contributed by atoms with Gasteiger partial charge < -0.3 is 25.7 Å². The maximum atomic E-state index is 11.6. The minimum Gasteiger partial charge on any atom is -0.460 e. The molecule has 0 bridgehead atoms. The Hall–Kier alpha value is -2.65. The van der Waals surface area contributed by atoms with Crippen molar-refractivity contribution in [1.82, 2.24) is 9.97 Å². The fraction of sp³-hybridized carbons (Fsp3) is 0.312. The number of hydrogen-bond donors (Lipinski definition) is 3. The van der Waals surface area contributed by atoms with Crippen LogP contribution in [0.15, 0.2) is 16.5 Å². The summed E-state index contributed by atoms with van der Waals surface area (Å²) in [5.74, 6) is 0.535. The molecule has 0 saturated heterocycles. The van der Waals surface area contributed by atoms with Crippen LogP contribution >= 0.6 is 11.3 Å². The van der Waals surface area contributed by atoms with E-state index in [1.807, 2.05) is 0 Å². The average Bonchev–Trinajstić information content (AvgIpc) is 3.10. The number of anilines is 1. The van der Waals surface area contributed by atoms with E-state index in [0.717, 1.165) is 11.3 Å². The van der Waals surface area contributed by atoms with Crippen LogP contribution in [-0.2, 0) is 0 Å². The maximum Gasteiger partial charge on any atom is 0.318 e. The zero-order valence-corrected chi connectivity index (χ0v) is 14.8. The Balaban J connectivity index is 2.23. The topological polar surface area (TPSA) is 137 Å².